The largest absolute Gasteiger partial charge is 0.462 e. The van der Waals surface area contributed by atoms with Crippen LogP contribution in [-0.4, -0.2) is 12.6 Å². The second-order valence-electron chi connectivity index (χ2n) is 4.81. The normalized spacial score (nSPS) is 11.1. The fourth-order valence-corrected chi connectivity index (χ4v) is 1.11. The first-order valence-electron chi connectivity index (χ1n) is 5.21. The molecule has 1 aromatic rings. The highest BCUT2D eigenvalue weighted by Crippen LogP contribution is 2.18. The van der Waals surface area contributed by atoms with Crippen LogP contribution in [0.3, 0.4) is 0 Å². The van der Waals surface area contributed by atoms with E-state index in [0.29, 0.717) is 12.2 Å². The molecule has 2 heteroatoms. The van der Waals surface area contributed by atoms with Crippen LogP contribution in [0.5, 0.6) is 0 Å². The number of rotatable bonds is 3. The summed E-state index contributed by atoms with van der Waals surface area (Å²) in [5.74, 6) is -0.236. The smallest absolute Gasteiger partial charge is 0.338 e. The fraction of sp³-hybridized carbons (Fsp3) is 0.462. The van der Waals surface area contributed by atoms with Crippen molar-refractivity contribution < 1.29 is 9.53 Å². The van der Waals surface area contributed by atoms with Gasteiger partial charge in [0, 0.05) is 0 Å². The molecule has 1 aromatic carbocycles. The molecule has 0 aliphatic rings. The molecule has 0 fully saturated rings. The molecule has 0 radical (unpaired) electrons. The summed E-state index contributed by atoms with van der Waals surface area (Å²) in [5, 5.41) is 0. The molecular formula is C13H18O2. The van der Waals surface area contributed by atoms with Gasteiger partial charge in [0.05, 0.1) is 12.2 Å². The van der Waals surface area contributed by atoms with Crippen LogP contribution >= 0.6 is 0 Å². The van der Waals surface area contributed by atoms with E-state index in [0.717, 1.165) is 6.42 Å². The van der Waals surface area contributed by atoms with E-state index in [2.05, 4.69) is 20.8 Å². The van der Waals surface area contributed by atoms with Gasteiger partial charge in [0.25, 0.3) is 0 Å². The van der Waals surface area contributed by atoms with Crippen LogP contribution in [0.4, 0.5) is 0 Å². The van der Waals surface area contributed by atoms with Gasteiger partial charge in [0.2, 0.25) is 0 Å². The minimum atomic E-state index is -0.236. The Labute approximate surface area is 91.3 Å². The van der Waals surface area contributed by atoms with Gasteiger partial charge in [0.15, 0.2) is 0 Å². The molecule has 0 saturated heterocycles. The summed E-state index contributed by atoms with van der Waals surface area (Å²) >= 11 is 0. The highest BCUT2D eigenvalue weighted by Gasteiger charge is 2.12. The number of hydrogen-bond acceptors (Lipinski definition) is 2. The average molecular weight is 206 g/mol. The summed E-state index contributed by atoms with van der Waals surface area (Å²) in [7, 11) is 0. The van der Waals surface area contributed by atoms with Gasteiger partial charge < -0.3 is 4.74 Å². The summed E-state index contributed by atoms with van der Waals surface area (Å²) in [6.07, 6.45) is 0.881. The average Bonchev–Trinajstić information content (AvgIpc) is 2.17. The second-order valence-corrected chi connectivity index (χ2v) is 4.81. The van der Waals surface area contributed by atoms with Crippen LogP contribution < -0.4 is 0 Å². The number of carbonyl (C=O) groups excluding carboxylic acids is 1. The number of carbonyl (C=O) groups is 1. The van der Waals surface area contributed by atoms with Gasteiger partial charge in [0.1, 0.15) is 0 Å². The van der Waals surface area contributed by atoms with Crippen molar-refractivity contribution in [1.82, 2.24) is 0 Å². The van der Waals surface area contributed by atoms with E-state index < -0.39 is 0 Å². The van der Waals surface area contributed by atoms with Crippen molar-refractivity contribution in [3.63, 3.8) is 0 Å². The van der Waals surface area contributed by atoms with E-state index >= 15 is 0 Å². The zero-order chi connectivity index (χ0) is 11.3. The molecule has 0 heterocycles. The molecule has 0 saturated carbocycles. The molecule has 0 aliphatic heterocycles. The molecule has 0 atom stereocenters. The van der Waals surface area contributed by atoms with Crippen LogP contribution in [-0.2, 0) is 4.74 Å². The van der Waals surface area contributed by atoms with Crippen molar-refractivity contribution in [2.24, 2.45) is 5.41 Å². The lowest BCUT2D eigenvalue weighted by Gasteiger charge is -2.17. The van der Waals surface area contributed by atoms with Crippen molar-refractivity contribution in [2.75, 3.05) is 6.61 Å². The van der Waals surface area contributed by atoms with Crippen LogP contribution in [0.1, 0.15) is 37.6 Å². The van der Waals surface area contributed by atoms with Gasteiger partial charge in [-0.2, -0.15) is 0 Å². The molecule has 0 aromatic heterocycles. The topological polar surface area (TPSA) is 26.3 Å². The molecule has 0 N–H and O–H groups in total. The number of benzene rings is 1. The number of ether oxygens (including phenoxy) is 1. The van der Waals surface area contributed by atoms with E-state index in [1.54, 1.807) is 12.1 Å². The Morgan fingerprint density at radius 1 is 1.20 bits per heavy atom. The highest BCUT2D eigenvalue weighted by atomic mass is 16.5. The first-order chi connectivity index (χ1) is 6.99. The number of hydrogen-bond donors (Lipinski definition) is 0. The van der Waals surface area contributed by atoms with Crippen molar-refractivity contribution in [3.05, 3.63) is 35.9 Å². The standard InChI is InChI=1S/C13H18O2/c1-13(2,3)9-10-15-12(14)11-7-5-4-6-8-11/h4-8H,9-10H2,1-3H3. The molecule has 0 bridgehead atoms. The van der Waals surface area contributed by atoms with Crippen LogP contribution in [0, 0.1) is 5.41 Å². The summed E-state index contributed by atoms with van der Waals surface area (Å²) in [6, 6.07) is 9.07. The highest BCUT2D eigenvalue weighted by molar-refractivity contribution is 5.89. The quantitative estimate of drug-likeness (QED) is 0.709. The van der Waals surface area contributed by atoms with E-state index in [1.165, 1.54) is 0 Å². The van der Waals surface area contributed by atoms with Crippen LogP contribution in [0.25, 0.3) is 0 Å². The Morgan fingerprint density at radius 3 is 2.33 bits per heavy atom. The molecule has 0 aliphatic carbocycles. The maximum Gasteiger partial charge on any atom is 0.338 e. The van der Waals surface area contributed by atoms with Gasteiger partial charge in [-0.15, -0.1) is 0 Å². The Kier molecular flexibility index (Phi) is 3.89. The third kappa shape index (κ3) is 4.63. The van der Waals surface area contributed by atoms with Gasteiger partial charge in [-0.05, 0) is 24.0 Å². The maximum absolute atomic E-state index is 11.5. The van der Waals surface area contributed by atoms with Gasteiger partial charge in [-0.3, -0.25) is 0 Å². The van der Waals surface area contributed by atoms with E-state index in [-0.39, 0.29) is 11.4 Å². The van der Waals surface area contributed by atoms with Crippen LogP contribution in [0.15, 0.2) is 30.3 Å². The lowest BCUT2D eigenvalue weighted by atomic mass is 9.93. The van der Waals surface area contributed by atoms with Crippen molar-refractivity contribution in [1.29, 1.82) is 0 Å². The number of esters is 1. The summed E-state index contributed by atoms with van der Waals surface area (Å²) < 4.78 is 5.17. The summed E-state index contributed by atoms with van der Waals surface area (Å²) in [5.41, 5.74) is 0.822. The van der Waals surface area contributed by atoms with Gasteiger partial charge >= 0.3 is 5.97 Å². The Morgan fingerprint density at radius 2 is 1.80 bits per heavy atom. The summed E-state index contributed by atoms with van der Waals surface area (Å²) in [6.45, 7) is 6.87. The van der Waals surface area contributed by atoms with Crippen molar-refractivity contribution in [2.45, 2.75) is 27.2 Å². The zero-order valence-electron chi connectivity index (χ0n) is 9.62. The molecule has 15 heavy (non-hydrogen) atoms. The Balaban J connectivity index is 2.38. The van der Waals surface area contributed by atoms with E-state index in [1.807, 2.05) is 18.2 Å². The summed E-state index contributed by atoms with van der Waals surface area (Å²) in [4.78, 5) is 11.5. The first-order valence-corrected chi connectivity index (χ1v) is 5.21. The third-order valence-corrected chi connectivity index (χ3v) is 2.09. The van der Waals surface area contributed by atoms with Gasteiger partial charge in [-0.25, -0.2) is 4.79 Å². The Hall–Kier alpha value is -1.31. The monoisotopic (exact) mass is 206 g/mol. The lowest BCUT2D eigenvalue weighted by Crippen LogP contribution is -2.13. The minimum Gasteiger partial charge on any atom is -0.462 e. The fourth-order valence-electron chi connectivity index (χ4n) is 1.11. The molecule has 2 nitrogen and oxygen atoms in total. The SMILES string of the molecule is CC(C)(C)CCOC(=O)c1ccccc1. The predicted octanol–water partition coefficient (Wildman–Crippen LogP) is 3.28. The predicted molar refractivity (Wildman–Crippen MR) is 60.8 cm³/mol. The van der Waals surface area contributed by atoms with Crippen LogP contribution in [0.2, 0.25) is 0 Å². The second kappa shape index (κ2) is 4.96. The third-order valence-electron chi connectivity index (χ3n) is 2.09. The molecule has 0 spiro atoms. The first kappa shape index (κ1) is 11.8. The molecule has 0 amide bonds. The molecule has 0 unspecified atom stereocenters. The zero-order valence-corrected chi connectivity index (χ0v) is 9.62. The molecule has 1 rings (SSSR count). The maximum atomic E-state index is 11.5. The lowest BCUT2D eigenvalue weighted by molar-refractivity contribution is 0.0465. The Bertz CT molecular complexity index is 309. The van der Waals surface area contributed by atoms with Crippen molar-refractivity contribution >= 4 is 5.97 Å². The van der Waals surface area contributed by atoms with Crippen molar-refractivity contribution in [3.8, 4) is 0 Å². The van der Waals surface area contributed by atoms with Gasteiger partial charge in [-0.1, -0.05) is 39.0 Å². The molecule has 82 valence electrons. The minimum absolute atomic E-state index is 0.205. The van der Waals surface area contributed by atoms with E-state index in [4.69, 9.17) is 4.74 Å². The van der Waals surface area contributed by atoms with E-state index in [9.17, 15) is 4.79 Å². The molecular weight excluding hydrogens is 188 g/mol.